The van der Waals surface area contributed by atoms with Gasteiger partial charge >= 0.3 is 35.0 Å². The number of sulfonamides is 2. The third-order valence-electron chi connectivity index (χ3n) is 8.32. The first-order valence-electron chi connectivity index (χ1n) is 21.3. The number of hydrogen-bond acceptors (Lipinski definition) is 17. The van der Waals surface area contributed by atoms with Gasteiger partial charge in [-0.25, -0.2) is 31.1 Å². The van der Waals surface area contributed by atoms with Crippen LogP contribution in [0.15, 0.2) is 146 Å². The normalized spacial score (nSPS) is 10.3. The van der Waals surface area contributed by atoms with E-state index in [4.69, 9.17) is 16.5 Å². The van der Waals surface area contributed by atoms with Gasteiger partial charge in [-0.05, 0) is 104 Å². The Morgan fingerprint density at radius 1 is 0.730 bits per heavy atom. The van der Waals surface area contributed by atoms with Gasteiger partial charge in [0, 0.05) is 74.1 Å². The molecule has 0 saturated carbocycles. The maximum Gasteiger partial charge on any atom is 2.00 e. The molecule has 0 aliphatic heterocycles. The quantitative estimate of drug-likeness (QED) is 0.0396. The molecule has 0 saturated heterocycles. The zero-order valence-electron chi connectivity index (χ0n) is 41.4. The molecule has 7 N–H and O–H groups in total. The van der Waals surface area contributed by atoms with Crippen molar-refractivity contribution in [3.63, 3.8) is 0 Å². The summed E-state index contributed by atoms with van der Waals surface area (Å²) in [5.74, 6) is -0.973. The number of carbonyl (C=O) groups excluding carboxylic acids is 3. The molecule has 1 aromatic carbocycles. The molecule has 0 radical (unpaired) electrons. The van der Waals surface area contributed by atoms with Crippen LogP contribution in [0, 0.1) is 6.42 Å². The fraction of sp³-hybridized carbons (Fsp3) is 0.217. The van der Waals surface area contributed by atoms with Gasteiger partial charge in [-0.1, -0.05) is 36.4 Å². The van der Waals surface area contributed by atoms with Crippen molar-refractivity contribution in [3.05, 3.63) is 148 Å². The van der Waals surface area contributed by atoms with Gasteiger partial charge in [0.05, 0.1) is 38.5 Å². The van der Waals surface area contributed by atoms with E-state index in [0.29, 0.717) is 29.0 Å². The number of esters is 2. The number of nitrogens with two attached hydrogens (primary N) is 2. The Labute approximate surface area is 478 Å². The van der Waals surface area contributed by atoms with E-state index >= 15 is 0 Å². The number of amides is 1. The number of ether oxygens (including phenoxy) is 2. The smallest absolute Gasteiger partial charge is 1.00 e. The average molecular weight is 1280 g/mol. The third-order valence-corrected chi connectivity index (χ3v) is 12.4. The molecule has 0 aliphatic carbocycles. The number of nitrogens with zero attached hydrogens (tertiary/aromatic N) is 7. The molecule has 7 aromatic rings. The minimum atomic E-state index is -4.02. The second-order valence-corrected chi connectivity index (χ2v) is 20.2. The van der Waals surface area contributed by atoms with Crippen LogP contribution < -0.4 is 26.2 Å². The molecular formula is C46H54Br3ClMgN12O9S2. The first-order valence-corrected chi connectivity index (χ1v) is 26.7. The summed E-state index contributed by atoms with van der Waals surface area (Å²) in [6, 6.07) is 22.2. The molecule has 0 unspecified atom stereocenters. The maximum atomic E-state index is 12.6. The van der Waals surface area contributed by atoms with Gasteiger partial charge < -0.3 is 34.1 Å². The summed E-state index contributed by atoms with van der Waals surface area (Å²) in [7, 11) is -7.76. The topological polar surface area (TPSA) is 308 Å². The summed E-state index contributed by atoms with van der Waals surface area (Å²) in [4.78, 5) is 52.7. The van der Waals surface area contributed by atoms with Crippen molar-refractivity contribution >= 4 is 132 Å². The molecule has 74 heavy (non-hydrogen) atoms. The average Bonchev–Trinajstić information content (AvgIpc) is 3.81. The van der Waals surface area contributed by atoms with Crippen LogP contribution in [0.25, 0.3) is 28.0 Å². The van der Waals surface area contributed by atoms with E-state index in [-0.39, 0.29) is 71.6 Å². The van der Waals surface area contributed by atoms with Crippen molar-refractivity contribution in [1.82, 2.24) is 44.0 Å². The monoisotopic (exact) mass is 1280 g/mol. The fourth-order valence-corrected chi connectivity index (χ4v) is 8.82. The molecule has 1 amide bonds. The van der Waals surface area contributed by atoms with Gasteiger partial charge in [0.15, 0.2) is 11.6 Å². The molecule has 0 atom stereocenters. The van der Waals surface area contributed by atoms with Crippen LogP contribution in [0.5, 0.6) is 0 Å². The van der Waals surface area contributed by atoms with E-state index in [2.05, 4.69) is 97.1 Å². The number of rotatable bonds is 16. The van der Waals surface area contributed by atoms with Gasteiger partial charge in [0.2, 0.25) is 26.0 Å². The number of fused-ring (bicyclic) bond motifs is 1. The van der Waals surface area contributed by atoms with Crippen molar-refractivity contribution < 1.29 is 42.1 Å². The van der Waals surface area contributed by atoms with Crippen molar-refractivity contribution in [2.75, 3.05) is 38.2 Å². The summed E-state index contributed by atoms with van der Waals surface area (Å²) in [5, 5.41) is 7.98. The molecule has 0 fully saturated rings. The Kier molecular flexibility index (Phi) is 31.9. The fourth-order valence-electron chi connectivity index (χ4n) is 5.33. The zero-order chi connectivity index (χ0) is 53.1. The number of aromatic nitrogens is 7. The predicted molar refractivity (Wildman–Crippen MR) is 296 cm³/mol. The first-order chi connectivity index (χ1) is 34.4. The summed E-state index contributed by atoms with van der Waals surface area (Å²) in [6.45, 7) is 7.47. The minimum Gasteiger partial charge on any atom is -1.00 e. The molecular weight excluding hydrogens is 1230 g/mol. The van der Waals surface area contributed by atoms with E-state index < -0.39 is 45.0 Å². The minimum absolute atomic E-state index is 0. The number of pyridine rings is 4. The van der Waals surface area contributed by atoms with Crippen LogP contribution in [-0.2, 0) is 50.4 Å². The molecule has 0 bridgehead atoms. The SMILES string of the molecule is Brc1cncc(Br)c1.CCOC(=O)CN.CCOC(=O)CNS(=O)(=O)c1cncc(Br)c1.C[CH-]C.Cl.NC(=O)CNS(=O)(=O)c1cncc(-c2nc(NCc3ccccn3)c3c(-c4ccccc4)ccn3n2)c1.[H-].[Mg+2]. The largest absolute Gasteiger partial charge is 2.00 e. The van der Waals surface area contributed by atoms with Crippen molar-refractivity contribution in [2.24, 2.45) is 11.5 Å². The van der Waals surface area contributed by atoms with E-state index in [0.717, 1.165) is 31.3 Å². The molecule has 28 heteroatoms. The van der Waals surface area contributed by atoms with E-state index in [9.17, 15) is 31.2 Å². The van der Waals surface area contributed by atoms with Gasteiger partial charge in [-0.2, -0.15) is 18.6 Å². The van der Waals surface area contributed by atoms with Crippen molar-refractivity contribution in [2.45, 2.75) is 44.0 Å². The van der Waals surface area contributed by atoms with Gasteiger partial charge in [-0.15, -0.1) is 17.5 Å². The molecule has 0 spiro atoms. The summed E-state index contributed by atoms with van der Waals surface area (Å²) >= 11 is 9.65. The second kappa shape index (κ2) is 35.2. The Balaban J connectivity index is 0.00000119. The molecule has 6 heterocycles. The third kappa shape index (κ3) is 23.6. The van der Waals surface area contributed by atoms with Gasteiger partial charge in [-0.3, -0.25) is 34.3 Å². The molecule has 394 valence electrons. The van der Waals surface area contributed by atoms with Crippen LogP contribution in [0.4, 0.5) is 5.82 Å². The van der Waals surface area contributed by atoms with Gasteiger partial charge in [0.1, 0.15) is 21.9 Å². The van der Waals surface area contributed by atoms with Crippen LogP contribution >= 0.6 is 60.2 Å². The van der Waals surface area contributed by atoms with Crippen molar-refractivity contribution in [3.8, 4) is 22.5 Å². The molecule has 0 aliphatic rings. The summed E-state index contributed by atoms with van der Waals surface area (Å²) in [5.41, 5.74) is 13.8. The van der Waals surface area contributed by atoms with Crippen molar-refractivity contribution in [1.29, 1.82) is 0 Å². The Morgan fingerprint density at radius 3 is 1.78 bits per heavy atom. The number of halogens is 4. The molecule has 6 aromatic heterocycles. The first kappa shape index (κ1) is 66.9. The number of primary amides is 1. The molecule has 7 rings (SSSR count). The number of nitrogens with one attached hydrogen (secondary N) is 3. The van der Waals surface area contributed by atoms with Crippen LogP contribution in [0.1, 0.15) is 34.8 Å². The Hall–Kier alpha value is -5.07. The summed E-state index contributed by atoms with van der Waals surface area (Å²) in [6.07, 6.45) is 14.3. The van der Waals surface area contributed by atoms with Crippen LogP contribution in [0.3, 0.4) is 0 Å². The molecule has 21 nitrogen and oxygen atoms in total. The number of hydrogen-bond donors (Lipinski definition) is 5. The second-order valence-electron chi connectivity index (χ2n) is 13.9. The number of anilines is 1. The van der Waals surface area contributed by atoms with Crippen LogP contribution in [-0.4, -0.2) is 125 Å². The maximum absolute atomic E-state index is 12.6. The van der Waals surface area contributed by atoms with Crippen LogP contribution in [0.2, 0.25) is 0 Å². The standard InChI is InChI=1S/C25H22N8O3S.C9H11BrN2O4S.C5H3Br2N.C4H9NO2.C3H7.ClH.Mg.H/c26-22(34)16-30-37(35,36)20-12-18(13-27-15-20)24-31-25(29-14-19-8-4-5-10-28-19)23-21(9-11-33(23)32-24)17-6-2-1-3-7-17;1-2-16-9(13)6-12-17(14,15)8-3-7(10)4-11-5-8;6-4-1-5(7)3-8-2-4;1-2-7-4(6)3-5;1-3-2;;;/h1-13,15,30H,14,16H2,(H2,26,34)(H,29,31,32);3-5,12H,2,6H2,1H3;1-3H;2-3,5H2,1H3;3H,1-2H3;1H;;/q;;;;-1;;+2;-1. The van der Waals surface area contributed by atoms with E-state index in [1.54, 1.807) is 37.0 Å². The number of carbonyl (C=O) groups is 3. The van der Waals surface area contributed by atoms with E-state index in [1.807, 2.05) is 87.1 Å². The zero-order valence-corrected chi connectivity index (χ0v) is 49.0. The van der Waals surface area contributed by atoms with E-state index in [1.165, 1.54) is 36.9 Å². The Bertz CT molecular complexity index is 3060. The summed E-state index contributed by atoms with van der Waals surface area (Å²) < 4.78 is 66.1. The predicted octanol–water partition coefficient (Wildman–Crippen LogP) is 6.41. The Morgan fingerprint density at radius 2 is 1.27 bits per heavy atom. The van der Waals surface area contributed by atoms with Gasteiger partial charge in [0.25, 0.3) is 0 Å². The number of benzene rings is 1.